The Kier molecular flexibility index (Phi) is 5.87. The van der Waals surface area contributed by atoms with E-state index in [1.54, 1.807) is 6.20 Å². The minimum atomic E-state index is -0.852. The normalized spacial score (nSPS) is 19.2. The van der Waals surface area contributed by atoms with Crippen molar-refractivity contribution < 1.29 is 4.79 Å². The number of rotatable bonds is 6. The van der Waals surface area contributed by atoms with Crippen LogP contribution in [0.5, 0.6) is 0 Å². The molecule has 2 fully saturated rings. The van der Waals surface area contributed by atoms with Gasteiger partial charge < -0.3 is 16.0 Å². The van der Waals surface area contributed by atoms with Crippen molar-refractivity contribution >= 4 is 23.3 Å². The summed E-state index contributed by atoms with van der Waals surface area (Å²) in [6.07, 6.45) is 4.02. The summed E-state index contributed by atoms with van der Waals surface area (Å²) in [6, 6.07) is 6.07. The van der Waals surface area contributed by atoms with Crippen LogP contribution >= 0.6 is 11.6 Å². The van der Waals surface area contributed by atoms with Gasteiger partial charge in [-0.05, 0) is 68.8 Å². The van der Waals surface area contributed by atoms with Crippen LogP contribution in [0.25, 0.3) is 11.4 Å². The van der Waals surface area contributed by atoms with E-state index in [1.807, 2.05) is 26.0 Å². The number of halogens is 1. The van der Waals surface area contributed by atoms with E-state index in [1.165, 1.54) is 0 Å². The number of carbonyl (C=O) groups is 1. The lowest BCUT2D eigenvalue weighted by atomic mass is 10.1. The number of anilines is 1. The first-order valence-electron chi connectivity index (χ1n) is 10.6. The molecule has 7 nitrogen and oxygen atoms in total. The molecule has 0 radical (unpaired) electrons. The highest BCUT2D eigenvalue weighted by Gasteiger charge is 2.50. The number of nitriles is 1. The van der Waals surface area contributed by atoms with Gasteiger partial charge in [0.25, 0.3) is 0 Å². The molecule has 8 heteroatoms. The zero-order valence-electron chi connectivity index (χ0n) is 17.9. The Morgan fingerprint density at radius 3 is 2.81 bits per heavy atom. The molecule has 1 atom stereocenters. The second-order valence-corrected chi connectivity index (χ2v) is 9.06. The number of nitrogens with one attached hydrogen (secondary N) is 1. The molecule has 1 amide bonds. The third-order valence-corrected chi connectivity index (χ3v) is 6.85. The molecule has 1 aromatic carbocycles. The van der Waals surface area contributed by atoms with E-state index in [4.69, 9.17) is 22.3 Å². The largest absolute Gasteiger partial charge is 0.356 e. The summed E-state index contributed by atoms with van der Waals surface area (Å²) in [6.45, 7) is 6.61. The van der Waals surface area contributed by atoms with Crippen LogP contribution < -0.4 is 16.0 Å². The van der Waals surface area contributed by atoms with Crippen LogP contribution in [-0.2, 0) is 11.3 Å². The maximum Gasteiger partial charge on any atom is 0.240 e. The van der Waals surface area contributed by atoms with Gasteiger partial charge >= 0.3 is 0 Å². The second kappa shape index (κ2) is 8.45. The van der Waals surface area contributed by atoms with Crippen LogP contribution in [0.1, 0.15) is 36.0 Å². The molecular formula is C23H27ClN6O. The topological polar surface area (TPSA) is 108 Å². The molecule has 4 rings (SSSR count). The van der Waals surface area contributed by atoms with Gasteiger partial charge in [0.05, 0.1) is 6.07 Å². The molecular weight excluding hydrogens is 412 g/mol. The molecule has 1 aromatic heterocycles. The lowest BCUT2D eigenvalue weighted by Gasteiger charge is -2.22. The van der Waals surface area contributed by atoms with Crippen LogP contribution in [0, 0.1) is 36.5 Å². The standard InChI is InChI=1S/C23H27ClN6O/c1-14-7-17(8-19(24)15(14)2)20-27-10-18(11-28-22(31)23(13-26)4-5-23)21(29-20)30-6-3-16(9-25)12-30/h7-8,10,16H,3-6,9,11-12,25H2,1-2H3,(H,28,31). The first-order valence-corrected chi connectivity index (χ1v) is 11.0. The van der Waals surface area contributed by atoms with Gasteiger partial charge in [-0.15, -0.1) is 0 Å². The number of hydrogen-bond donors (Lipinski definition) is 2. The van der Waals surface area contributed by atoms with Crippen LogP contribution in [0.2, 0.25) is 5.02 Å². The van der Waals surface area contributed by atoms with Crippen LogP contribution in [0.3, 0.4) is 0 Å². The molecule has 1 saturated heterocycles. The maximum atomic E-state index is 12.4. The summed E-state index contributed by atoms with van der Waals surface area (Å²) in [5.41, 5.74) is 8.86. The van der Waals surface area contributed by atoms with Crippen LogP contribution in [0.4, 0.5) is 5.82 Å². The smallest absolute Gasteiger partial charge is 0.240 e. The van der Waals surface area contributed by atoms with E-state index >= 15 is 0 Å². The number of amides is 1. The first-order chi connectivity index (χ1) is 14.9. The predicted octanol–water partition coefficient (Wildman–Crippen LogP) is 3.12. The molecule has 1 aliphatic heterocycles. The fourth-order valence-corrected chi connectivity index (χ4v) is 4.22. The molecule has 162 valence electrons. The maximum absolute atomic E-state index is 12.4. The van der Waals surface area contributed by atoms with Gasteiger partial charge in [0.1, 0.15) is 11.2 Å². The summed E-state index contributed by atoms with van der Waals surface area (Å²) < 4.78 is 0. The lowest BCUT2D eigenvalue weighted by Crippen LogP contribution is -2.32. The molecule has 3 N–H and O–H groups in total. The van der Waals surface area contributed by atoms with Crippen molar-refractivity contribution in [1.82, 2.24) is 15.3 Å². The van der Waals surface area contributed by atoms with Crippen molar-refractivity contribution in [3.8, 4) is 17.5 Å². The van der Waals surface area contributed by atoms with Crippen molar-refractivity contribution in [2.45, 2.75) is 39.7 Å². The van der Waals surface area contributed by atoms with E-state index in [0.717, 1.165) is 47.6 Å². The number of aromatic nitrogens is 2. The molecule has 1 aliphatic carbocycles. The van der Waals surface area contributed by atoms with E-state index in [2.05, 4.69) is 21.3 Å². The number of nitrogens with two attached hydrogens (primary N) is 1. The van der Waals surface area contributed by atoms with Gasteiger partial charge in [0, 0.05) is 42.0 Å². The van der Waals surface area contributed by atoms with Crippen molar-refractivity contribution in [3.63, 3.8) is 0 Å². The molecule has 1 saturated carbocycles. The monoisotopic (exact) mass is 438 g/mol. The quantitative estimate of drug-likeness (QED) is 0.717. The summed E-state index contributed by atoms with van der Waals surface area (Å²) in [5.74, 6) is 1.61. The van der Waals surface area contributed by atoms with E-state index in [-0.39, 0.29) is 12.5 Å². The molecule has 31 heavy (non-hydrogen) atoms. The Labute approximate surface area is 187 Å². The third-order valence-electron chi connectivity index (χ3n) is 6.46. The average molecular weight is 439 g/mol. The number of hydrogen-bond acceptors (Lipinski definition) is 6. The summed E-state index contributed by atoms with van der Waals surface area (Å²) >= 11 is 6.40. The van der Waals surface area contributed by atoms with Gasteiger partial charge in [-0.3, -0.25) is 4.79 Å². The number of nitrogens with zero attached hydrogens (tertiary/aromatic N) is 4. The predicted molar refractivity (Wildman–Crippen MR) is 120 cm³/mol. The van der Waals surface area contributed by atoms with Crippen molar-refractivity contribution in [2.24, 2.45) is 17.1 Å². The van der Waals surface area contributed by atoms with Crippen molar-refractivity contribution in [3.05, 3.63) is 40.0 Å². The summed E-state index contributed by atoms with van der Waals surface area (Å²) in [7, 11) is 0. The van der Waals surface area contributed by atoms with Gasteiger partial charge in [0.15, 0.2) is 5.82 Å². The van der Waals surface area contributed by atoms with Crippen LogP contribution in [0.15, 0.2) is 18.3 Å². The van der Waals surface area contributed by atoms with E-state index in [9.17, 15) is 10.1 Å². The van der Waals surface area contributed by atoms with Crippen LogP contribution in [-0.4, -0.2) is 35.5 Å². The summed E-state index contributed by atoms with van der Waals surface area (Å²) in [5, 5.41) is 12.9. The van der Waals surface area contributed by atoms with E-state index in [0.29, 0.717) is 36.2 Å². The number of aryl methyl sites for hydroxylation is 1. The van der Waals surface area contributed by atoms with Crippen molar-refractivity contribution in [1.29, 1.82) is 5.26 Å². The molecule has 2 heterocycles. The fraction of sp³-hybridized carbons (Fsp3) is 0.478. The minimum absolute atomic E-state index is 0.216. The lowest BCUT2D eigenvalue weighted by molar-refractivity contribution is -0.124. The highest BCUT2D eigenvalue weighted by molar-refractivity contribution is 6.31. The Morgan fingerprint density at radius 1 is 1.42 bits per heavy atom. The Balaban J connectivity index is 1.65. The third kappa shape index (κ3) is 4.23. The average Bonchev–Trinajstić information content (AvgIpc) is 3.44. The molecule has 2 aliphatic rings. The fourth-order valence-electron chi connectivity index (χ4n) is 3.96. The number of benzene rings is 1. The second-order valence-electron chi connectivity index (χ2n) is 8.66. The highest BCUT2D eigenvalue weighted by Crippen LogP contribution is 2.45. The molecule has 0 bridgehead atoms. The molecule has 1 unspecified atom stereocenters. The SMILES string of the molecule is Cc1cc(-c2ncc(CNC(=O)C3(C#N)CC3)c(N3CCC(CN)C3)n2)cc(Cl)c1C. The van der Waals surface area contributed by atoms with Crippen molar-refractivity contribution in [2.75, 3.05) is 24.5 Å². The van der Waals surface area contributed by atoms with E-state index < -0.39 is 5.41 Å². The Hall–Kier alpha value is -2.69. The zero-order valence-corrected chi connectivity index (χ0v) is 18.7. The molecule has 2 aromatic rings. The number of carbonyl (C=O) groups excluding carboxylic acids is 1. The minimum Gasteiger partial charge on any atom is -0.356 e. The van der Waals surface area contributed by atoms with Gasteiger partial charge in [-0.1, -0.05) is 11.6 Å². The van der Waals surface area contributed by atoms with Gasteiger partial charge in [-0.2, -0.15) is 5.26 Å². The first kappa shape index (κ1) is 21.5. The zero-order chi connectivity index (χ0) is 22.2. The summed E-state index contributed by atoms with van der Waals surface area (Å²) in [4.78, 5) is 24.1. The highest BCUT2D eigenvalue weighted by atomic mass is 35.5. The Bertz CT molecular complexity index is 1040. The van der Waals surface area contributed by atoms with Gasteiger partial charge in [-0.25, -0.2) is 9.97 Å². The van der Waals surface area contributed by atoms with Gasteiger partial charge in [0.2, 0.25) is 5.91 Å². The molecule has 0 spiro atoms. The Morgan fingerprint density at radius 2 is 2.19 bits per heavy atom.